The molecule has 18 heavy (non-hydrogen) atoms. The molecule has 1 amide bonds. The summed E-state index contributed by atoms with van der Waals surface area (Å²) in [6.07, 6.45) is 4.68. The van der Waals surface area contributed by atoms with Gasteiger partial charge in [0.15, 0.2) is 0 Å². The lowest BCUT2D eigenvalue weighted by Gasteiger charge is -2.29. The maximum atomic E-state index is 12.1. The molecule has 2 aliphatic heterocycles. The molecule has 2 fully saturated rings. The number of nitrogens with one attached hydrogen (secondary N) is 2. The first-order valence-electron chi connectivity index (χ1n) is 6.02. The maximum Gasteiger partial charge on any atom is 0.262 e. The quantitative estimate of drug-likeness (QED) is 0.860. The number of rotatable bonds is 2. The number of thiophene rings is 1. The van der Waals surface area contributed by atoms with Crippen molar-refractivity contribution in [2.75, 3.05) is 0 Å². The van der Waals surface area contributed by atoms with E-state index in [0.29, 0.717) is 18.1 Å². The van der Waals surface area contributed by atoms with Gasteiger partial charge in [-0.2, -0.15) is 0 Å². The molecule has 0 spiro atoms. The summed E-state index contributed by atoms with van der Waals surface area (Å²) >= 11 is 4.89. The lowest BCUT2D eigenvalue weighted by Crippen LogP contribution is -2.47. The summed E-state index contributed by atoms with van der Waals surface area (Å²) in [6, 6.07) is 3.50. The van der Waals surface area contributed by atoms with Gasteiger partial charge >= 0.3 is 0 Å². The number of carbonyl (C=O) groups is 1. The summed E-state index contributed by atoms with van der Waals surface area (Å²) in [4.78, 5) is 12.9. The third kappa shape index (κ3) is 2.90. The lowest BCUT2D eigenvalue weighted by molar-refractivity contribution is 0.0927. The molecule has 2 atom stereocenters. The van der Waals surface area contributed by atoms with E-state index >= 15 is 0 Å². The van der Waals surface area contributed by atoms with Gasteiger partial charge < -0.3 is 10.6 Å². The Bertz CT molecular complexity index is 427. The molecule has 100 valence electrons. The highest BCUT2D eigenvalue weighted by Crippen LogP contribution is 2.28. The largest absolute Gasteiger partial charge is 0.348 e. The monoisotopic (exact) mass is 350 g/mol. The normalized spacial score (nSPS) is 29.7. The van der Waals surface area contributed by atoms with E-state index in [-0.39, 0.29) is 18.3 Å². The first-order valence-corrected chi connectivity index (χ1v) is 7.69. The van der Waals surface area contributed by atoms with Gasteiger partial charge in [0.05, 0.1) is 0 Å². The van der Waals surface area contributed by atoms with Gasteiger partial charge in [0.2, 0.25) is 0 Å². The average molecular weight is 352 g/mol. The van der Waals surface area contributed by atoms with Crippen molar-refractivity contribution in [2.24, 2.45) is 0 Å². The molecule has 2 saturated heterocycles. The second-order valence-corrected chi connectivity index (χ2v) is 6.65. The van der Waals surface area contributed by atoms with Crippen molar-refractivity contribution >= 4 is 45.6 Å². The van der Waals surface area contributed by atoms with E-state index in [4.69, 9.17) is 0 Å². The lowest BCUT2D eigenvalue weighted by atomic mass is 10.00. The molecule has 6 heteroatoms. The standard InChI is InChI=1S/C12H15BrN2OS.ClH/c13-10-3-4-17-11(10)12(16)15-9-5-7-1-2-8(6-9)14-7;/h3-4,7-9,14H,1-2,5-6H2,(H,15,16);1H. The predicted molar refractivity (Wildman–Crippen MR) is 79.7 cm³/mol. The fourth-order valence-corrected chi connectivity index (χ4v) is 4.34. The summed E-state index contributed by atoms with van der Waals surface area (Å²) in [5.41, 5.74) is 0. The summed E-state index contributed by atoms with van der Waals surface area (Å²) in [6.45, 7) is 0. The summed E-state index contributed by atoms with van der Waals surface area (Å²) in [7, 11) is 0. The fraction of sp³-hybridized carbons (Fsp3) is 0.583. The zero-order valence-corrected chi connectivity index (χ0v) is 13.0. The van der Waals surface area contributed by atoms with E-state index in [0.717, 1.165) is 22.2 Å². The molecule has 0 radical (unpaired) electrons. The third-order valence-electron chi connectivity index (χ3n) is 3.63. The Morgan fingerprint density at radius 3 is 2.61 bits per heavy atom. The van der Waals surface area contributed by atoms with E-state index in [1.165, 1.54) is 24.2 Å². The number of hydrogen-bond donors (Lipinski definition) is 2. The number of amides is 1. The molecular weight excluding hydrogens is 336 g/mol. The smallest absolute Gasteiger partial charge is 0.262 e. The van der Waals surface area contributed by atoms with Crippen molar-refractivity contribution in [3.63, 3.8) is 0 Å². The molecule has 2 N–H and O–H groups in total. The van der Waals surface area contributed by atoms with E-state index in [9.17, 15) is 4.79 Å². The molecule has 1 aromatic heterocycles. The Hall–Kier alpha value is -0.100. The van der Waals surface area contributed by atoms with E-state index < -0.39 is 0 Å². The van der Waals surface area contributed by atoms with Gasteiger partial charge in [0, 0.05) is 22.6 Å². The Morgan fingerprint density at radius 2 is 2.06 bits per heavy atom. The third-order valence-corrected chi connectivity index (χ3v) is 5.47. The molecule has 3 rings (SSSR count). The molecule has 3 nitrogen and oxygen atoms in total. The fourth-order valence-electron chi connectivity index (χ4n) is 2.88. The SMILES string of the molecule is Cl.O=C(NC1CC2CCC(C1)N2)c1sccc1Br. The second kappa shape index (κ2) is 5.90. The van der Waals surface area contributed by atoms with E-state index in [2.05, 4.69) is 26.6 Å². The first-order chi connectivity index (χ1) is 8.22. The Kier molecular flexibility index (Phi) is 4.69. The minimum absolute atomic E-state index is 0. The van der Waals surface area contributed by atoms with Crippen LogP contribution in [0.5, 0.6) is 0 Å². The highest BCUT2D eigenvalue weighted by Gasteiger charge is 2.34. The Labute approximate surface area is 125 Å². The van der Waals surface area contributed by atoms with Crippen LogP contribution in [-0.2, 0) is 0 Å². The zero-order chi connectivity index (χ0) is 11.8. The van der Waals surface area contributed by atoms with Crippen LogP contribution in [0.2, 0.25) is 0 Å². The first kappa shape index (κ1) is 14.3. The minimum atomic E-state index is 0. The molecule has 0 saturated carbocycles. The molecule has 0 aliphatic carbocycles. The van der Waals surface area contributed by atoms with Crippen LogP contribution in [0.1, 0.15) is 35.4 Å². The van der Waals surface area contributed by atoms with E-state index in [1.807, 2.05) is 11.4 Å². The van der Waals surface area contributed by atoms with Gasteiger partial charge in [0.25, 0.3) is 5.91 Å². The topological polar surface area (TPSA) is 41.1 Å². The van der Waals surface area contributed by atoms with E-state index in [1.54, 1.807) is 0 Å². The van der Waals surface area contributed by atoms with Crippen LogP contribution in [0.25, 0.3) is 0 Å². The van der Waals surface area contributed by atoms with Gasteiger partial charge in [-0.15, -0.1) is 23.7 Å². The van der Waals surface area contributed by atoms with Crippen LogP contribution in [0.4, 0.5) is 0 Å². The number of piperidine rings is 1. The number of carbonyl (C=O) groups excluding carboxylic acids is 1. The number of hydrogen-bond acceptors (Lipinski definition) is 3. The second-order valence-electron chi connectivity index (χ2n) is 4.88. The molecule has 2 aliphatic rings. The van der Waals surface area contributed by atoms with Crippen molar-refractivity contribution < 1.29 is 4.79 Å². The number of fused-ring (bicyclic) bond motifs is 2. The van der Waals surface area contributed by atoms with Crippen molar-refractivity contribution in [2.45, 2.75) is 43.8 Å². The Balaban J connectivity index is 0.00000120. The highest BCUT2D eigenvalue weighted by molar-refractivity contribution is 9.10. The van der Waals surface area contributed by atoms with Crippen LogP contribution in [0.3, 0.4) is 0 Å². The summed E-state index contributed by atoms with van der Waals surface area (Å²) in [5.74, 6) is 0.0678. The minimum Gasteiger partial charge on any atom is -0.348 e. The van der Waals surface area contributed by atoms with Gasteiger partial charge in [-0.1, -0.05) is 0 Å². The molecule has 2 unspecified atom stereocenters. The zero-order valence-electron chi connectivity index (χ0n) is 9.82. The molecule has 1 aromatic rings. The van der Waals surface area contributed by atoms with Crippen LogP contribution < -0.4 is 10.6 Å². The van der Waals surface area contributed by atoms with Crippen molar-refractivity contribution in [1.29, 1.82) is 0 Å². The summed E-state index contributed by atoms with van der Waals surface area (Å²) in [5, 5.41) is 8.68. The Morgan fingerprint density at radius 1 is 1.39 bits per heavy atom. The van der Waals surface area contributed by atoms with Crippen LogP contribution in [0, 0.1) is 0 Å². The van der Waals surface area contributed by atoms with Gasteiger partial charge in [-0.3, -0.25) is 4.79 Å². The summed E-state index contributed by atoms with van der Waals surface area (Å²) < 4.78 is 0.900. The molecule has 3 heterocycles. The van der Waals surface area contributed by atoms with Crippen molar-refractivity contribution in [3.05, 3.63) is 20.8 Å². The van der Waals surface area contributed by atoms with Gasteiger partial charge in [-0.05, 0) is 53.1 Å². The van der Waals surface area contributed by atoms with Gasteiger partial charge in [-0.25, -0.2) is 0 Å². The molecule has 0 aromatic carbocycles. The maximum absolute atomic E-state index is 12.1. The van der Waals surface area contributed by atoms with Crippen molar-refractivity contribution in [1.82, 2.24) is 10.6 Å². The predicted octanol–water partition coefficient (Wildman–Crippen LogP) is 2.95. The van der Waals surface area contributed by atoms with Crippen LogP contribution in [-0.4, -0.2) is 24.0 Å². The number of halogens is 2. The highest BCUT2D eigenvalue weighted by atomic mass is 79.9. The van der Waals surface area contributed by atoms with Gasteiger partial charge in [0.1, 0.15) is 4.88 Å². The molecule has 2 bridgehead atoms. The van der Waals surface area contributed by atoms with Crippen LogP contribution in [0.15, 0.2) is 15.9 Å². The van der Waals surface area contributed by atoms with Crippen LogP contribution >= 0.6 is 39.7 Å². The van der Waals surface area contributed by atoms with Crippen molar-refractivity contribution in [3.8, 4) is 0 Å². The average Bonchev–Trinajstić information content (AvgIpc) is 2.85. The molecular formula is C12H16BrClN2OS.